The van der Waals surface area contributed by atoms with E-state index in [4.69, 9.17) is 0 Å². The molecular formula is C15H19NO. The van der Waals surface area contributed by atoms with Gasteiger partial charge >= 0.3 is 0 Å². The summed E-state index contributed by atoms with van der Waals surface area (Å²) in [6.07, 6.45) is 6.68. The van der Waals surface area contributed by atoms with Crippen molar-refractivity contribution in [2.75, 3.05) is 0 Å². The molecule has 2 rings (SSSR count). The Morgan fingerprint density at radius 1 is 1.41 bits per heavy atom. The van der Waals surface area contributed by atoms with E-state index in [1.807, 2.05) is 18.2 Å². The van der Waals surface area contributed by atoms with Crippen molar-refractivity contribution in [3.05, 3.63) is 29.8 Å². The second kappa shape index (κ2) is 4.85. The highest BCUT2D eigenvalue weighted by Gasteiger charge is 2.28. The van der Waals surface area contributed by atoms with Crippen LogP contribution in [0.15, 0.2) is 29.3 Å². The molecule has 17 heavy (non-hydrogen) atoms. The quantitative estimate of drug-likeness (QED) is 0.548. The van der Waals surface area contributed by atoms with Crippen molar-refractivity contribution in [2.24, 2.45) is 10.4 Å². The Morgan fingerprint density at radius 3 is 2.94 bits per heavy atom. The lowest BCUT2D eigenvalue weighted by Gasteiger charge is -2.35. The van der Waals surface area contributed by atoms with Crippen LogP contribution in [-0.4, -0.2) is 6.08 Å². The highest BCUT2D eigenvalue weighted by atomic mass is 16.1. The van der Waals surface area contributed by atoms with E-state index < -0.39 is 0 Å². The molecule has 0 heterocycles. The Kier molecular flexibility index (Phi) is 3.44. The zero-order valence-corrected chi connectivity index (χ0v) is 10.6. The molecule has 1 aromatic carbocycles. The second-order valence-electron chi connectivity index (χ2n) is 5.76. The van der Waals surface area contributed by atoms with Gasteiger partial charge in [-0.3, -0.25) is 0 Å². The van der Waals surface area contributed by atoms with E-state index in [2.05, 4.69) is 24.9 Å². The third-order valence-corrected chi connectivity index (χ3v) is 3.72. The van der Waals surface area contributed by atoms with Gasteiger partial charge in [0.1, 0.15) is 0 Å². The molecule has 0 N–H and O–H groups in total. The van der Waals surface area contributed by atoms with E-state index in [-0.39, 0.29) is 0 Å². The Labute approximate surface area is 103 Å². The average molecular weight is 229 g/mol. The van der Waals surface area contributed by atoms with Crippen molar-refractivity contribution >= 4 is 11.8 Å². The van der Waals surface area contributed by atoms with Gasteiger partial charge in [0.15, 0.2) is 0 Å². The van der Waals surface area contributed by atoms with Crippen molar-refractivity contribution in [3.8, 4) is 0 Å². The minimum atomic E-state index is 0.437. The van der Waals surface area contributed by atoms with Gasteiger partial charge in [0.25, 0.3) is 0 Å². The summed E-state index contributed by atoms with van der Waals surface area (Å²) >= 11 is 0. The largest absolute Gasteiger partial charge is 0.240 e. The fourth-order valence-corrected chi connectivity index (χ4v) is 2.88. The molecule has 0 aromatic heterocycles. The molecule has 90 valence electrons. The number of hydrogen-bond acceptors (Lipinski definition) is 2. The summed E-state index contributed by atoms with van der Waals surface area (Å²) in [4.78, 5) is 14.0. The normalized spacial score (nSPS) is 22.8. The van der Waals surface area contributed by atoms with Crippen molar-refractivity contribution in [1.82, 2.24) is 0 Å². The van der Waals surface area contributed by atoms with Crippen LogP contribution in [0.2, 0.25) is 0 Å². The summed E-state index contributed by atoms with van der Waals surface area (Å²) < 4.78 is 0. The Morgan fingerprint density at radius 2 is 2.24 bits per heavy atom. The predicted octanol–water partition coefficient (Wildman–Crippen LogP) is 4.34. The number of hydrogen-bond donors (Lipinski definition) is 0. The lowest BCUT2D eigenvalue weighted by Crippen LogP contribution is -2.21. The number of benzene rings is 1. The van der Waals surface area contributed by atoms with Crippen LogP contribution in [-0.2, 0) is 4.79 Å². The first-order chi connectivity index (χ1) is 8.11. The summed E-state index contributed by atoms with van der Waals surface area (Å²) in [5.74, 6) is 0.612. The SMILES string of the molecule is CC1(C)CCCC(c2cccc(N=C=O)c2)C1. The molecule has 0 spiro atoms. The molecule has 0 bridgehead atoms. The van der Waals surface area contributed by atoms with Crippen LogP contribution in [0.4, 0.5) is 5.69 Å². The first-order valence-corrected chi connectivity index (χ1v) is 6.28. The molecule has 1 aliphatic carbocycles. The lowest BCUT2D eigenvalue weighted by molar-refractivity contribution is 0.219. The van der Waals surface area contributed by atoms with E-state index in [9.17, 15) is 4.79 Å². The van der Waals surface area contributed by atoms with Gasteiger partial charge in [0.05, 0.1) is 5.69 Å². The fourth-order valence-electron chi connectivity index (χ4n) is 2.88. The zero-order valence-electron chi connectivity index (χ0n) is 10.6. The maximum absolute atomic E-state index is 10.3. The van der Waals surface area contributed by atoms with E-state index in [0.29, 0.717) is 11.3 Å². The summed E-state index contributed by atoms with van der Waals surface area (Å²) in [5.41, 5.74) is 2.47. The molecule has 1 atom stereocenters. The maximum Gasteiger partial charge on any atom is 0.240 e. The summed E-state index contributed by atoms with van der Waals surface area (Å²) in [6.45, 7) is 4.68. The van der Waals surface area contributed by atoms with Gasteiger partial charge in [-0.1, -0.05) is 32.4 Å². The van der Waals surface area contributed by atoms with Crippen LogP contribution >= 0.6 is 0 Å². The molecular weight excluding hydrogens is 210 g/mol. The Hall–Kier alpha value is -1.40. The van der Waals surface area contributed by atoms with E-state index in [1.54, 1.807) is 6.08 Å². The molecule has 1 saturated carbocycles. The Bertz CT molecular complexity index is 444. The highest BCUT2D eigenvalue weighted by molar-refractivity contribution is 5.50. The van der Waals surface area contributed by atoms with Crippen molar-refractivity contribution in [1.29, 1.82) is 0 Å². The molecule has 1 fully saturated rings. The van der Waals surface area contributed by atoms with Gasteiger partial charge in [0.2, 0.25) is 6.08 Å². The predicted molar refractivity (Wildman–Crippen MR) is 69.2 cm³/mol. The molecule has 1 unspecified atom stereocenters. The number of rotatable bonds is 2. The van der Waals surface area contributed by atoms with Gasteiger partial charge in [-0.15, -0.1) is 0 Å². The molecule has 0 saturated heterocycles. The average Bonchev–Trinajstić information content (AvgIpc) is 2.28. The summed E-state index contributed by atoms with van der Waals surface area (Å²) in [5, 5.41) is 0. The Balaban J connectivity index is 2.21. The molecule has 0 radical (unpaired) electrons. The van der Waals surface area contributed by atoms with Gasteiger partial charge in [-0.25, -0.2) is 4.79 Å². The molecule has 0 amide bonds. The minimum absolute atomic E-state index is 0.437. The summed E-state index contributed by atoms with van der Waals surface area (Å²) in [7, 11) is 0. The van der Waals surface area contributed by atoms with Crippen molar-refractivity contribution in [3.63, 3.8) is 0 Å². The van der Waals surface area contributed by atoms with Crippen LogP contribution in [0.5, 0.6) is 0 Å². The van der Waals surface area contributed by atoms with Crippen LogP contribution in [0.3, 0.4) is 0 Å². The van der Waals surface area contributed by atoms with Crippen LogP contribution in [0.25, 0.3) is 0 Å². The van der Waals surface area contributed by atoms with Gasteiger partial charge in [0, 0.05) is 0 Å². The molecule has 2 nitrogen and oxygen atoms in total. The van der Waals surface area contributed by atoms with Crippen LogP contribution in [0, 0.1) is 5.41 Å². The topological polar surface area (TPSA) is 29.4 Å². The third kappa shape index (κ3) is 3.04. The molecule has 0 aliphatic heterocycles. The van der Waals surface area contributed by atoms with Crippen molar-refractivity contribution in [2.45, 2.75) is 45.4 Å². The van der Waals surface area contributed by atoms with Gasteiger partial charge in [-0.2, -0.15) is 4.99 Å². The van der Waals surface area contributed by atoms with E-state index in [1.165, 1.54) is 31.2 Å². The number of aliphatic imine (C=N–C) groups is 1. The van der Waals surface area contributed by atoms with Crippen LogP contribution < -0.4 is 0 Å². The molecule has 1 aromatic rings. The minimum Gasteiger partial charge on any atom is -0.211 e. The van der Waals surface area contributed by atoms with Gasteiger partial charge < -0.3 is 0 Å². The number of carbonyl (C=O) groups excluding carboxylic acids is 1. The number of nitrogens with zero attached hydrogens (tertiary/aromatic N) is 1. The molecule has 2 heteroatoms. The second-order valence-corrected chi connectivity index (χ2v) is 5.76. The first kappa shape index (κ1) is 12.1. The van der Waals surface area contributed by atoms with Crippen LogP contribution in [0.1, 0.15) is 51.0 Å². The maximum atomic E-state index is 10.3. The first-order valence-electron chi connectivity index (χ1n) is 6.28. The standard InChI is InChI=1S/C15H19NO/c1-15(2)8-4-6-13(10-15)12-5-3-7-14(9-12)16-11-17/h3,5,7,9,13H,4,6,8,10H2,1-2H3. The van der Waals surface area contributed by atoms with Crippen molar-refractivity contribution < 1.29 is 4.79 Å². The summed E-state index contributed by atoms with van der Waals surface area (Å²) in [6, 6.07) is 8.00. The van der Waals surface area contributed by atoms with E-state index >= 15 is 0 Å². The lowest BCUT2D eigenvalue weighted by atomic mass is 9.70. The third-order valence-electron chi connectivity index (χ3n) is 3.72. The highest BCUT2D eigenvalue weighted by Crippen LogP contribution is 2.43. The molecule has 1 aliphatic rings. The monoisotopic (exact) mass is 229 g/mol. The van der Waals surface area contributed by atoms with E-state index in [0.717, 1.165) is 5.69 Å². The number of isocyanates is 1. The zero-order chi connectivity index (χ0) is 12.3. The van der Waals surface area contributed by atoms with Gasteiger partial charge in [-0.05, 0) is 48.3 Å². The fraction of sp³-hybridized carbons (Fsp3) is 0.533. The smallest absolute Gasteiger partial charge is 0.211 e.